The van der Waals surface area contributed by atoms with E-state index >= 15 is 0 Å². The third-order valence-corrected chi connectivity index (χ3v) is 3.25. The summed E-state index contributed by atoms with van der Waals surface area (Å²) in [6.07, 6.45) is 10.7. The third kappa shape index (κ3) is 1.73. The van der Waals surface area contributed by atoms with Crippen LogP contribution < -0.4 is 0 Å². The summed E-state index contributed by atoms with van der Waals surface area (Å²) in [7, 11) is 0. The Morgan fingerprint density at radius 3 is 2.94 bits per heavy atom. The second-order valence-corrected chi connectivity index (χ2v) is 4.33. The van der Waals surface area contributed by atoms with Crippen molar-refractivity contribution in [2.75, 3.05) is 0 Å². The van der Waals surface area contributed by atoms with Gasteiger partial charge in [-0.15, -0.1) is 0 Å². The topological polar surface area (TPSA) is 59.4 Å². The molecule has 0 unspecified atom stereocenters. The summed E-state index contributed by atoms with van der Waals surface area (Å²) in [6, 6.07) is 0. The molecule has 0 bridgehead atoms. The lowest BCUT2D eigenvalue weighted by Crippen LogP contribution is -2.08. The lowest BCUT2D eigenvalue weighted by molar-refractivity contribution is 0.601. The van der Waals surface area contributed by atoms with E-state index in [0.717, 1.165) is 12.4 Å². The largest absolute Gasteiger partial charge is 0.327 e. The zero-order valence-corrected chi connectivity index (χ0v) is 9.13. The number of nitrogens with zero attached hydrogens (tertiary/aromatic N) is 4. The molecule has 0 radical (unpaired) electrons. The first-order chi connectivity index (χ1) is 7.93. The molecule has 1 aliphatic rings. The van der Waals surface area contributed by atoms with E-state index in [1.165, 1.54) is 31.5 Å². The molecule has 0 atom stereocenters. The van der Waals surface area contributed by atoms with E-state index in [1.54, 1.807) is 6.33 Å². The second kappa shape index (κ2) is 4.08. The van der Waals surface area contributed by atoms with Crippen LogP contribution in [0.5, 0.6) is 0 Å². The number of aromatic nitrogens is 5. The molecule has 5 heteroatoms. The lowest BCUT2D eigenvalue weighted by Gasteiger charge is -2.11. The van der Waals surface area contributed by atoms with Crippen molar-refractivity contribution >= 4 is 0 Å². The minimum atomic E-state index is 0.637. The molecule has 0 aliphatic heterocycles. The normalized spacial score (nSPS) is 17.0. The van der Waals surface area contributed by atoms with Gasteiger partial charge in [0.2, 0.25) is 0 Å². The van der Waals surface area contributed by atoms with Crippen LogP contribution in [0.1, 0.15) is 43.3 Å². The Kier molecular flexibility index (Phi) is 2.44. The molecular formula is C11H15N5. The number of hydrogen-bond acceptors (Lipinski definition) is 3. The molecule has 2 aromatic heterocycles. The highest BCUT2D eigenvalue weighted by Gasteiger charge is 2.21. The molecule has 2 heterocycles. The van der Waals surface area contributed by atoms with Crippen LogP contribution in [0.3, 0.4) is 0 Å². The smallest absolute Gasteiger partial charge is 0.144 e. The lowest BCUT2D eigenvalue weighted by atomic mass is 10.1. The number of rotatable bonds is 3. The van der Waals surface area contributed by atoms with Gasteiger partial charge in [0.1, 0.15) is 18.0 Å². The maximum absolute atomic E-state index is 4.48. The second-order valence-electron chi connectivity index (χ2n) is 4.33. The molecular weight excluding hydrogens is 202 g/mol. The van der Waals surface area contributed by atoms with E-state index in [1.807, 2.05) is 12.4 Å². The molecule has 0 spiro atoms. The Bertz CT molecular complexity index is 439. The van der Waals surface area contributed by atoms with Crippen LogP contribution in [-0.2, 0) is 6.54 Å². The standard InChI is InChI=1S/C11H15N5/c1-2-4-9(3-1)11-12-5-6-16(11)7-10-13-8-14-15-10/h5-6,8-9H,1-4,7H2,(H,13,14,15). The number of nitrogens with one attached hydrogen (secondary N) is 1. The molecule has 84 valence electrons. The van der Waals surface area contributed by atoms with Gasteiger partial charge in [-0.2, -0.15) is 5.10 Å². The van der Waals surface area contributed by atoms with Crippen molar-refractivity contribution in [2.24, 2.45) is 0 Å². The quantitative estimate of drug-likeness (QED) is 0.851. The predicted octanol–water partition coefficient (Wildman–Crippen LogP) is 1.71. The fourth-order valence-corrected chi connectivity index (χ4v) is 2.47. The van der Waals surface area contributed by atoms with Gasteiger partial charge in [0.25, 0.3) is 0 Å². The zero-order chi connectivity index (χ0) is 10.8. The Morgan fingerprint density at radius 2 is 2.19 bits per heavy atom. The van der Waals surface area contributed by atoms with E-state index < -0.39 is 0 Å². The summed E-state index contributed by atoms with van der Waals surface area (Å²) in [4.78, 5) is 8.62. The maximum Gasteiger partial charge on any atom is 0.144 e. The number of imidazole rings is 1. The molecule has 0 saturated heterocycles. The number of aromatic amines is 1. The summed E-state index contributed by atoms with van der Waals surface area (Å²) in [5, 5.41) is 6.74. The molecule has 1 fully saturated rings. The third-order valence-electron chi connectivity index (χ3n) is 3.25. The van der Waals surface area contributed by atoms with Gasteiger partial charge in [0.05, 0.1) is 6.54 Å². The summed E-state index contributed by atoms with van der Waals surface area (Å²) in [6.45, 7) is 0.742. The van der Waals surface area contributed by atoms with Crippen molar-refractivity contribution < 1.29 is 0 Å². The highest BCUT2D eigenvalue weighted by atomic mass is 15.2. The molecule has 16 heavy (non-hydrogen) atoms. The van der Waals surface area contributed by atoms with E-state index in [4.69, 9.17) is 0 Å². The minimum Gasteiger partial charge on any atom is -0.327 e. The Morgan fingerprint density at radius 1 is 1.31 bits per heavy atom. The van der Waals surface area contributed by atoms with Crippen molar-refractivity contribution in [1.82, 2.24) is 24.7 Å². The zero-order valence-electron chi connectivity index (χ0n) is 9.13. The SMILES string of the molecule is c1n[nH]c(Cn2ccnc2C2CCCC2)n1. The van der Waals surface area contributed by atoms with Crippen LogP contribution in [0.2, 0.25) is 0 Å². The first-order valence-electron chi connectivity index (χ1n) is 5.79. The van der Waals surface area contributed by atoms with Crippen molar-refractivity contribution in [1.29, 1.82) is 0 Å². The average Bonchev–Trinajstić information content (AvgIpc) is 2.98. The van der Waals surface area contributed by atoms with E-state index in [9.17, 15) is 0 Å². The maximum atomic E-state index is 4.48. The van der Waals surface area contributed by atoms with Crippen LogP contribution in [-0.4, -0.2) is 24.7 Å². The summed E-state index contributed by atoms with van der Waals surface area (Å²) >= 11 is 0. The van der Waals surface area contributed by atoms with Gasteiger partial charge in [-0.1, -0.05) is 12.8 Å². The molecule has 0 amide bonds. The highest BCUT2D eigenvalue weighted by Crippen LogP contribution is 2.33. The van der Waals surface area contributed by atoms with Crippen LogP contribution in [0.4, 0.5) is 0 Å². The summed E-state index contributed by atoms with van der Waals surface area (Å²) < 4.78 is 2.18. The van der Waals surface area contributed by atoms with E-state index in [2.05, 4.69) is 24.7 Å². The van der Waals surface area contributed by atoms with Crippen molar-refractivity contribution in [3.8, 4) is 0 Å². The van der Waals surface area contributed by atoms with Crippen LogP contribution in [0, 0.1) is 0 Å². The fraction of sp³-hybridized carbons (Fsp3) is 0.545. The molecule has 1 saturated carbocycles. The van der Waals surface area contributed by atoms with Crippen molar-refractivity contribution in [3.05, 3.63) is 30.4 Å². The van der Waals surface area contributed by atoms with Gasteiger partial charge in [-0.05, 0) is 12.8 Å². The molecule has 2 aromatic rings. The Hall–Kier alpha value is -1.65. The molecule has 0 aromatic carbocycles. The molecule has 5 nitrogen and oxygen atoms in total. The minimum absolute atomic E-state index is 0.637. The van der Waals surface area contributed by atoms with Gasteiger partial charge in [0.15, 0.2) is 0 Å². The van der Waals surface area contributed by atoms with E-state index in [0.29, 0.717) is 5.92 Å². The number of H-pyrrole nitrogens is 1. The van der Waals surface area contributed by atoms with Gasteiger partial charge >= 0.3 is 0 Å². The molecule has 3 rings (SSSR count). The van der Waals surface area contributed by atoms with Gasteiger partial charge in [-0.3, -0.25) is 5.10 Å². The number of hydrogen-bond donors (Lipinski definition) is 1. The predicted molar refractivity (Wildman–Crippen MR) is 58.9 cm³/mol. The summed E-state index contributed by atoms with van der Waals surface area (Å²) in [5.41, 5.74) is 0. The van der Waals surface area contributed by atoms with Crippen LogP contribution >= 0.6 is 0 Å². The Balaban J connectivity index is 1.82. The van der Waals surface area contributed by atoms with Crippen LogP contribution in [0.25, 0.3) is 0 Å². The van der Waals surface area contributed by atoms with E-state index in [-0.39, 0.29) is 0 Å². The van der Waals surface area contributed by atoms with Crippen molar-refractivity contribution in [3.63, 3.8) is 0 Å². The van der Waals surface area contributed by atoms with Gasteiger partial charge < -0.3 is 4.57 Å². The Labute approximate surface area is 93.9 Å². The first kappa shape index (κ1) is 9.57. The fourth-order valence-electron chi connectivity index (χ4n) is 2.47. The van der Waals surface area contributed by atoms with Crippen LogP contribution in [0.15, 0.2) is 18.7 Å². The monoisotopic (exact) mass is 217 g/mol. The van der Waals surface area contributed by atoms with Crippen molar-refractivity contribution in [2.45, 2.75) is 38.1 Å². The summed E-state index contributed by atoms with van der Waals surface area (Å²) in [5.74, 6) is 2.73. The average molecular weight is 217 g/mol. The molecule has 1 N–H and O–H groups in total. The highest BCUT2D eigenvalue weighted by molar-refractivity contribution is 5.04. The van der Waals surface area contributed by atoms with Gasteiger partial charge in [0, 0.05) is 18.3 Å². The molecule has 1 aliphatic carbocycles. The first-order valence-corrected chi connectivity index (χ1v) is 5.79. The van der Waals surface area contributed by atoms with Gasteiger partial charge in [-0.25, -0.2) is 9.97 Å².